The summed E-state index contributed by atoms with van der Waals surface area (Å²) in [6.07, 6.45) is 0. The predicted molar refractivity (Wildman–Crippen MR) is 77.5 cm³/mol. The number of nitrogens with one attached hydrogen (secondary N) is 1. The molecule has 0 radical (unpaired) electrons. The molecule has 1 rings (SSSR count). The molecule has 1 unspecified atom stereocenters. The lowest BCUT2D eigenvalue weighted by atomic mass is 10.1. The van der Waals surface area contributed by atoms with Crippen molar-refractivity contribution in [2.45, 2.75) is 18.7 Å². The summed E-state index contributed by atoms with van der Waals surface area (Å²) in [4.78, 5) is 11.5. The number of carbonyl (C=O) groups excluding carboxylic acids is 1. The smallest absolute Gasteiger partial charge is 0.234 e. The van der Waals surface area contributed by atoms with Crippen LogP contribution in [0.25, 0.3) is 0 Å². The largest absolute Gasteiger partial charge is 0.490 e. The van der Waals surface area contributed by atoms with Crippen molar-refractivity contribution in [2.24, 2.45) is 5.92 Å². The predicted octanol–water partition coefficient (Wildman–Crippen LogP) is 3.25. The van der Waals surface area contributed by atoms with Crippen molar-refractivity contribution in [1.82, 2.24) is 5.32 Å². The van der Waals surface area contributed by atoms with Gasteiger partial charge in [-0.25, -0.2) is 0 Å². The van der Waals surface area contributed by atoms with E-state index in [-0.39, 0.29) is 16.7 Å². The molecule has 0 bridgehead atoms. The second-order valence-electron chi connectivity index (χ2n) is 4.22. The van der Waals surface area contributed by atoms with E-state index in [2.05, 4.69) is 21.2 Å². The highest BCUT2D eigenvalue weighted by Crippen LogP contribution is 2.22. The zero-order chi connectivity index (χ0) is 13.5. The molecule has 5 heteroatoms. The molecule has 0 heterocycles. The SMILES string of the molecule is CC(C)C(Br)C(=O)NCCOc1ccccc1Cl. The van der Waals surface area contributed by atoms with E-state index in [1.165, 1.54) is 0 Å². The van der Waals surface area contributed by atoms with Crippen LogP contribution in [0.1, 0.15) is 13.8 Å². The van der Waals surface area contributed by atoms with Crippen molar-refractivity contribution in [2.75, 3.05) is 13.2 Å². The Balaban J connectivity index is 2.27. The van der Waals surface area contributed by atoms with Crippen LogP contribution in [0.3, 0.4) is 0 Å². The second kappa shape index (κ2) is 7.64. The van der Waals surface area contributed by atoms with Gasteiger partial charge in [-0.1, -0.05) is 53.5 Å². The van der Waals surface area contributed by atoms with Gasteiger partial charge >= 0.3 is 0 Å². The number of hydrogen-bond donors (Lipinski definition) is 1. The summed E-state index contributed by atoms with van der Waals surface area (Å²) in [5.41, 5.74) is 0. The third-order valence-corrected chi connectivity index (χ3v) is 4.12. The van der Waals surface area contributed by atoms with Gasteiger partial charge < -0.3 is 10.1 Å². The number of ether oxygens (including phenoxy) is 1. The Morgan fingerprint density at radius 3 is 2.72 bits per heavy atom. The summed E-state index contributed by atoms with van der Waals surface area (Å²) < 4.78 is 5.47. The van der Waals surface area contributed by atoms with Crippen LogP contribution in [-0.2, 0) is 4.79 Å². The first kappa shape index (κ1) is 15.3. The highest BCUT2D eigenvalue weighted by Gasteiger charge is 2.17. The Morgan fingerprint density at radius 2 is 2.11 bits per heavy atom. The van der Waals surface area contributed by atoms with Crippen molar-refractivity contribution in [3.05, 3.63) is 29.3 Å². The lowest BCUT2D eigenvalue weighted by Gasteiger charge is -2.14. The maximum atomic E-state index is 11.6. The maximum Gasteiger partial charge on any atom is 0.234 e. The summed E-state index contributed by atoms with van der Waals surface area (Å²) in [5.74, 6) is 0.870. The van der Waals surface area contributed by atoms with Gasteiger partial charge in [0, 0.05) is 0 Å². The van der Waals surface area contributed by atoms with Crippen LogP contribution in [0, 0.1) is 5.92 Å². The molecule has 1 aromatic carbocycles. The van der Waals surface area contributed by atoms with Crippen LogP contribution in [0.5, 0.6) is 5.75 Å². The fourth-order valence-corrected chi connectivity index (χ4v) is 1.65. The molecule has 0 fully saturated rings. The number of para-hydroxylation sites is 1. The molecule has 0 saturated heterocycles. The molecule has 1 amide bonds. The van der Waals surface area contributed by atoms with E-state index in [0.717, 1.165) is 0 Å². The van der Waals surface area contributed by atoms with E-state index in [1.54, 1.807) is 12.1 Å². The van der Waals surface area contributed by atoms with Crippen LogP contribution >= 0.6 is 27.5 Å². The third kappa shape index (κ3) is 4.86. The van der Waals surface area contributed by atoms with Crippen LogP contribution < -0.4 is 10.1 Å². The molecule has 1 atom stereocenters. The van der Waals surface area contributed by atoms with E-state index < -0.39 is 0 Å². The molecule has 0 spiro atoms. The molecule has 1 N–H and O–H groups in total. The minimum Gasteiger partial charge on any atom is -0.490 e. The molecule has 0 aliphatic rings. The van der Waals surface area contributed by atoms with Gasteiger partial charge in [-0.05, 0) is 18.1 Å². The highest BCUT2D eigenvalue weighted by atomic mass is 79.9. The number of rotatable bonds is 6. The maximum absolute atomic E-state index is 11.6. The molecule has 0 aliphatic carbocycles. The number of carbonyl (C=O) groups is 1. The van der Waals surface area contributed by atoms with Crippen LogP contribution in [0.2, 0.25) is 5.02 Å². The number of benzene rings is 1. The monoisotopic (exact) mass is 333 g/mol. The van der Waals surface area contributed by atoms with Gasteiger partial charge in [-0.3, -0.25) is 4.79 Å². The molecular weight excluding hydrogens is 318 g/mol. The zero-order valence-electron chi connectivity index (χ0n) is 10.5. The molecule has 1 aromatic rings. The first-order valence-electron chi connectivity index (χ1n) is 5.81. The number of halogens is 2. The van der Waals surface area contributed by atoms with E-state index in [1.807, 2.05) is 26.0 Å². The van der Waals surface area contributed by atoms with Gasteiger partial charge in [0.1, 0.15) is 12.4 Å². The topological polar surface area (TPSA) is 38.3 Å². The fourth-order valence-electron chi connectivity index (χ4n) is 1.30. The Morgan fingerprint density at radius 1 is 1.44 bits per heavy atom. The quantitative estimate of drug-likeness (QED) is 0.640. The standard InChI is InChI=1S/C13H17BrClNO2/c1-9(2)12(14)13(17)16-7-8-18-11-6-4-3-5-10(11)15/h3-6,9,12H,7-8H2,1-2H3,(H,16,17). The van der Waals surface area contributed by atoms with E-state index >= 15 is 0 Å². The molecule has 0 aromatic heterocycles. The molecule has 0 saturated carbocycles. The fraction of sp³-hybridized carbons (Fsp3) is 0.462. The number of alkyl halides is 1. The van der Waals surface area contributed by atoms with Crippen molar-refractivity contribution < 1.29 is 9.53 Å². The minimum atomic E-state index is -0.169. The summed E-state index contributed by atoms with van der Waals surface area (Å²) in [5, 5.41) is 3.37. The third-order valence-electron chi connectivity index (χ3n) is 2.33. The van der Waals surface area contributed by atoms with Crippen molar-refractivity contribution in [3.8, 4) is 5.75 Å². The van der Waals surface area contributed by atoms with Gasteiger partial charge in [0.2, 0.25) is 5.91 Å². The van der Waals surface area contributed by atoms with Crippen LogP contribution in [0.4, 0.5) is 0 Å². The highest BCUT2D eigenvalue weighted by molar-refractivity contribution is 9.10. The Kier molecular flexibility index (Phi) is 6.50. The summed E-state index contributed by atoms with van der Waals surface area (Å²) in [6, 6.07) is 7.26. The lowest BCUT2D eigenvalue weighted by molar-refractivity contribution is -0.121. The second-order valence-corrected chi connectivity index (χ2v) is 5.61. The van der Waals surface area contributed by atoms with Crippen molar-refractivity contribution >= 4 is 33.4 Å². The first-order chi connectivity index (χ1) is 8.52. The van der Waals surface area contributed by atoms with Crippen LogP contribution in [0.15, 0.2) is 24.3 Å². The number of amides is 1. The van der Waals surface area contributed by atoms with Gasteiger partial charge in [0.05, 0.1) is 16.4 Å². The first-order valence-corrected chi connectivity index (χ1v) is 7.11. The Bertz CT molecular complexity index is 398. The summed E-state index contributed by atoms with van der Waals surface area (Å²) in [6.45, 7) is 4.82. The molecule has 18 heavy (non-hydrogen) atoms. The Hall–Kier alpha value is -0.740. The van der Waals surface area contributed by atoms with Crippen LogP contribution in [-0.4, -0.2) is 23.9 Å². The number of hydrogen-bond acceptors (Lipinski definition) is 2. The van der Waals surface area contributed by atoms with Gasteiger partial charge in [-0.2, -0.15) is 0 Å². The van der Waals surface area contributed by atoms with Crippen molar-refractivity contribution in [1.29, 1.82) is 0 Å². The molecule has 0 aliphatic heterocycles. The summed E-state index contributed by atoms with van der Waals surface area (Å²) >= 11 is 9.28. The van der Waals surface area contributed by atoms with E-state index in [0.29, 0.717) is 23.9 Å². The van der Waals surface area contributed by atoms with Crippen molar-refractivity contribution in [3.63, 3.8) is 0 Å². The van der Waals surface area contributed by atoms with Gasteiger partial charge in [-0.15, -0.1) is 0 Å². The average Bonchev–Trinajstić information content (AvgIpc) is 2.35. The van der Waals surface area contributed by atoms with E-state index in [9.17, 15) is 4.79 Å². The Labute approximate surface area is 121 Å². The normalized spacial score (nSPS) is 12.3. The van der Waals surface area contributed by atoms with E-state index in [4.69, 9.17) is 16.3 Å². The average molecular weight is 335 g/mol. The zero-order valence-corrected chi connectivity index (χ0v) is 12.8. The van der Waals surface area contributed by atoms with Gasteiger partial charge in [0.25, 0.3) is 0 Å². The molecular formula is C13H17BrClNO2. The minimum absolute atomic E-state index is 0.0206. The lowest BCUT2D eigenvalue weighted by Crippen LogP contribution is -2.36. The molecule has 100 valence electrons. The summed E-state index contributed by atoms with van der Waals surface area (Å²) in [7, 11) is 0. The molecule has 3 nitrogen and oxygen atoms in total. The van der Waals surface area contributed by atoms with Gasteiger partial charge in [0.15, 0.2) is 0 Å².